The van der Waals surface area contributed by atoms with Gasteiger partial charge in [0.1, 0.15) is 11.8 Å². The minimum absolute atomic E-state index is 0.0120. The van der Waals surface area contributed by atoms with Crippen molar-refractivity contribution >= 4 is 18.0 Å². The number of alkyl halides is 3. The molecule has 2 rings (SSSR count). The first-order valence-electron chi connectivity index (χ1n) is 8.21. The molecule has 0 spiro atoms. The molecule has 1 atom stereocenters. The van der Waals surface area contributed by atoms with E-state index >= 15 is 0 Å². The maximum atomic E-state index is 13.0. The maximum absolute atomic E-state index is 13.0. The Morgan fingerprint density at radius 1 is 1.14 bits per heavy atom. The van der Waals surface area contributed by atoms with Crippen LogP contribution in [0.2, 0.25) is 0 Å². The summed E-state index contributed by atoms with van der Waals surface area (Å²) in [7, 11) is 1.50. The Bertz CT molecular complexity index is 860. The highest BCUT2D eigenvalue weighted by atomic mass is 19.4. The number of aliphatic carboxylic acids is 1. The van der Waals surface area contributed by atoms with Gasteiger partial charge in [-0.1, -0.05) is 30.3 Å². The standard InChI is InChI=1S/C20H18F3NO4/c1-28-15-9-6-13(7-10-15)12-17(19(26)27)24-18(25)11-8-14-4-2-3-5-16(14)20(21,22)23/h2-11,17H,12H2,1H3,(H,24,25)(H,26,27)/t17-/m0/s1. The molecule has 0 aliphatic rings. The largest absolute Gasteiger partial charge is 0.497 e. The van der Waals surface area contributed by atoms with Gasteiger partial charge in [0.05, 0.1) is 12.7 Å². The van der Waals surface area contributed by atoms with Crippen molar-refractivity contribution in [2.24, 2.45) is 0 Å². The van der Waals surface area contributed by atoms with Gasteiger partial charge >= 0.3 is 12.1 Å². The number of benzene rings is 2. The van der Waals surface area contributed by atoms with E-state index in [-0.39, 0.29) is 12.0 Å². The fraction of sp³-hybridized carbons (Fsp3) is 0.200. The van der Waals surface area contributed by atoms with Crippen LogP contribution in [0, 0.1) is 0 Å². The molecule has 0 heterocycles. The van der Waals surface area contributed by atoms with Crippen molar-refractivity contribution in [1.29, 1.82) is 0 Å². The molecule has 0 saturated carbocycles. The van der Waals surface area contributed by atoms with Gasteiger partial charge in [0, 0.05) is 12.5 Å². The molecule has 28 heavy (non-hydrogen) atoms. The molecule has 1 amide bonds. The number of hydrogen-bond acceptors (Lipinski definition) is 3. The fourth-order valence-electron chi connectivity index (χ4n) is 2.48. The lowest BCUT2D eigenvalue weighted by Gasteiger charge is -2.14. The monoisotopic (exact) mass is 393 g/mol. The Labute approximate surface area is 159 Å². The molecule has 2 aromatic carbocycles. The number of carbonyl (C=O) groups is 2. The third kappa shape index (κ3) is 5.87. The third-order valence-electron chi connectivity index (χ3n) is 3.89. The molecular weight excluding hydrogens is 375 g/mol. The number of carboxylic acid groups (broad SMARTS) is 1. The van der Waals surface area contributed by atoms with Gasteiger partial charge in [-0.05, 0) is 35.4 Å². The van der Waals surface area contributed by atoms with Crippen LogP contribution in [0.25, 0.3) is 6.08 Å². The van der Waals surface area contributed by atoms with E-state index in [2.05, 4.69) is 5.32 Å². The molecule has 5 nitrogen and oxygen atoms in total. The number of carboxylic acids is 1. The van der Waals surface area contributed by atoms with E-state index in [1.54, 1.807) is 24.3 Å². The number of hydrogen-bond donors (Lipinski definition) is 2. The Hall–Kier alpha value is -3.29. The maximum Gasteiger partial charge on any atom is 0.416 e. The van der Waals surface area contributed by atoms with Crippen molar-refractivity contribution < 1.29 is 32.6 Å². The second-order valence-electron chi connectivity index (χ2n) is 5.87. The summed E-state index contributed by atoms with van der Waals surface area (Å²) < 4.78 is 43.9. The van der Waals surface area contributed by atoms with Crippen LogP contribution in [0.3, 0.4) is 0 Å². The van der Waals surface area contributed by atoms with E-state index in [1.807, 2.05) is 0 Å². The molecule has 0 fully saturated rings. The molecule has 0 unspecified atom stereocenters. The number of methoxy groups -OCH3 is 1. The van der Waals surface area contributed by atoms with E-state index in [1.165, 1.54) is 25.3 Å². The van der Waals surface area contributed by atoms with Gasteiger partial charge in [-0.2, -0.15) is 13.2 Å². The second-order valence-corrected chi connectivity index (χ2v) is 5.87. The van der Waals surface area contributed by atoms with Crippen molar-refractivity contribution in [2.75, 3.05) is 7.11 Å². The third-order valence-corrected chi connectivity index (χ3v) is 3.89. The molecule has 0 aliphatic heterocycles. The zero-order chi connectivity index (χ0) is 20.7. The van der Waals surface area contributed by atoms with Gasteiger partial charge in [-0.25, -0.2) is 4.79 Å². The smallest absolute Gasteiger partial charge is 0.416 e. The first-order valence-corrected chi connectivity index (χ1v) is 8.21. The summed E-state index contributed by atoms with van der Waals surface area (Å²) in [6.45, 7) is 0. The quantitative estimate of drug-likeness (QED) is 0.706. The number of rotatable bonds is 7. The molecule has 8 heteroatoms. The van der Waals surface area contributed by atoms with Crippen molar-refractivity contribution in [3.63, 3.8) is 0 Å². The molecule has 0 radical (unpaired) electrons. The summed E-state index contributed by atoms with van der Waals surface area (Å²) in [6, 6.07) is 10.2. The molecule has 0 saturated heterocycles. The van der Waals surface area contributed by atoms with E-state index < -0.39 is 29.7 Å². The zero-order valence-corrected chi connectivity index (χ0v) is 14.9. The van der Waals surface area contributed by atoms with Crippen LogP contribution >= 0.6 is 0 Å². The van der Waals surface area contributed by atoms with Crippen molar-refractivity contribution in [1.82, 2.24) is 5.32 Å². The number of halogens is 3. The van der Waals surface area contributed by atoms with Gasteiger partial charge in [0.15, 0.2) is 0 Å². The topological polar surface area (TPSA) is 75.6 Å². The number of amides is 1. The van der Waals surface area contributed by atoms with Crippen molar-refractivity contribution in [2.45, 2.75) is 18.6 Å². The van der Waals surface area contributed by atoms with E-state index in [9.17, 15) is 27.9 Å². The number of carbonyl (C=O) groups excluding carboxylic acids is 1. The van der Waals surface area contributed by atoms with Crippen LogP contribution in [0.1, 0.15) is 16.7 Å². The van der Waals surface area contributed by atoms with Crippen LogP contribution in [0.4, 0.5) is 13.2 Å². The Morgan fingerprint density at radius 2 is 1.79 bits per heavy atom. The average Bonchev–Trinajstić information content (AvgIpc) is 2.66. The van der Waals surface area contributed by atoms with Gasteiger partial charge in [-0.3, -0.25) is 4.79 Å². The van der Waals surface area contributed by atoms with Crippen LogP contribution in [0.15, 0.2) is 54.6 Å². The van der Waals surface area contributed by atoms with Crippen LogP contribution < -0.4 is 10.1 Å². The van der Waals surface area contributed by atoms with Crippen LogP contribution in [-0.2, 0) is 22.2 Å². The van der Waals surface area contributed by atoms with Crippen LogP contribution in [-0.4, -0.2) is 30.1 Å². The minimum Gasteiger partial charge on any atom is -0.497 e. The molecular formula is C20H18F3NO4. The molecule has 0 aromatic heterocycles. The summed E-state index contributed by atoms with van der Waals surface area (Å²) in [4.78, 5) is 23.4. The lowest BCUT2D eigenvalue weighted by Crippen LogP contribution is -2.41. The summed E-state index contributed by atoms with van der Waals surface area (Å²) in [6.07, 6.45) is -2.66. The second kappa shape index (κ2) is 9.07. The first-order chi connectivity index (χ1) is 13.2. The molecule has 148 valence electrons. The van der Waals surface area contributed by atoms with Gasteiger partial charge < -0.3 is 15.2 Å². The predicted molar refractivity (Wildman–Crippen MR) is 96.7 cm³/mol. The summed E-state index contributed by atoms with van der Waals surface area (Å²) in [5.41, 5.74) is -0.417. The lowest BCUT2D eigenvalue weighted by atomic mass is 10.1. The highest BCUT2D eigenvalue weighted by Crippen LogP contribution is 2.32. The molecule has 2 N–H and O–H groups in total. The SMILES string of the molecule is COc1ccc(C[C@H](NC(=O)C=Cc2ccccc2C(F)(F)F)C(=O)O)cc1. The zero-order valence-electron chi connectivity index (χ0n) is 14.9. The predicted octanol–water partition coefficient (Wildman–Crippen LogP) is 3.54. The van der Waals surface area contributed by atoms with Gasteiger partial charge in [0.2, 0.25) is 5.91 Å². The van der Waals surface area contributed by atoms with Crippen molar-refractivity contribution in [3.05, 3.63) is 71.3 Å². The van der Waals surface area contributed by atoms with Gasteiger partial charge in [0.25, 0.3) is 0 Å². The van der Waals surface area contributed by atoms with E-state index in [0.717, 1.165) is 18.2 Å². The summed E-state index contributed by atoms with van der Waals surface area (Å²) in [5.74, 6) is -1.46. The van der Waals surface area contributed by atoms with Crippen LogP contribution in [0.5, 0.6) is 5.75 Å². The normalized spacial score (nSPS) is 12.6. The summed E-state index contributed by atoms with van der Waals surface area (Å²) >= 11 is 0. The Morgan fingerprint density at radius 3 is 2.36 bits per heavy atom. The fourth-order valence-corrected chi connectivity index (χ4v) is 2.48. The molecule has 0 bridgehead atoms. The highest BCUT2D eigenvalue weighted by Gasteiger charge is 2.32. The van der Waals surface area contributed by atoms with Crippen molar-refractivity contribution in [3.8, 4) is 5.75 Å². The van der Waals surface area contributed by atoms with E-state index in [4.69, 9.17) is 4.74 Å². The Kier molecular flexibility index (Phi) is 6.81. The Balaban J connectivity index is 2.08. The average molecular weight is 393 g/mol. The minimum atomic E-state index is -4.56. The number of ether oxygens (including phenoxy) is 1. The summed E-state index contributed by atoms with van der Waals surface area (Å²) in [5, 5.41) is 11.6. The molecule has 2 aromatic rings. The first kappa shape index (κ1) is 21.0. The highest BCUT2D eigenvalue weighted by molar-refractivity contribution is 5.94. The molecule has 0 aliphatic carbocycles. The number of nitrogens with one attached hydrogen (secondary N) is 1. The lowest BCUT2D eigenvalue weighted by molar-refractivity contribution is -0.141. The van der Waals surface area contributed by atoms with Gasteiger partial charge in [-0.15, -0.1) is 0 Å². The van der Waals surface area contributed by atoms with E-state index in [0.29, 0.717) is 11.3 Å².